The summed E-state index contributed by atoms with van der Waals surface area (Å²) in [7, 11) is 0. The number of aliphatic carboxylic acids is 1. The summed E-state index contributed by atoms with van der Waals surface area (Å²) in [5.74, 6) is -1.98. The predicted octanol–water partition coefficient (Wildman–Crippen LogP) is 0.666. The van der Waals surface area contributed by atoms with Gasteiger partial charge in [-0.15, -0.1) is 0 Å². The van der Waals surface area contributed by atoms with Crippen molar-refractivity contribution in [2.45, 2.75) is 32.2 Å². The zero-order valence-electron chi connectivity index (χ0n) is 10.6. The van der Waals surface area contributed by atoms with Crippen molar-refractivity contribution in [2.75, 3.05) is 0 Å². The summed E-state index contributed by atoms with van der Waals surface area (Å²) in [6.07, 6.45) is 1.96. The fourth-order valence-corrected chi connectivity index (χ4v) is 2.43. The second kappa shape index (κ2) is 5.26. The van der Waals surface area contributed by atoms with Crippen molar-refractivity contribution in [2.24, 2.45) is 5.92 Å². The van der Waals surface area contributed by atoms with Crippen molar-refractivity contribution >= 4 is 11.9 Å². The first-order valence-corrected chi connectivity index (χ1v) is 6.22. The topological polar surface area (TPSA) is 99.3 Å². The molecular weight excluding hydrogens is 248 g/mol. The molecule has 0 bridgehead atoms. The van der Waals surface area contributed by atoms with Crippen LogP contribution < -0.4 is 10.9 Å². The maximum Gasteiger partial charge on any atom is 0.308 e. The number of carbonyl (C=O) groups is 2. The number of carboxylic acids is 1. The average molecular weight is 264 g/mol. The molecule has 0 unspecified atom stereocenters. The Morgan fingerprint density at radius 2 is 2.11 bits per heavy atom. The van der Waals surface area contributed by atoms with E-state index in [9.17, 15) is 14.4 Å². The maximum absolute atomic E-state index is 12.0. The first-order valence-electron chi connectivity index (χ1n) is 6.22. The van der Waals surface area contributed by atoms with Gasteiger partial charge in [0.1, 0.15) is 5.56 Å². The van der Waals surface area contributed by atoms with Crippen LogP contribution in [0, 0.1) is 12.8 Å². The lowest BCUT2D eigenvalue weighted by molar-refractivity contribution is -0.142. The number of amides is 1. The van der Waals surface area contributed by atoms with Crippen molar-refractivity contribution in [3.05, 3.63) is 33.7 Å². The molecule has 1 aliphatic rings. The van der Waals surface area contributed by atoms with Crippen LogP contribution in [0.4, 0.5) is 0 Å². The van der Waals surface area contributed by atoms with E-state index in [-0.39, 0.29) is 5.56 Å². The number of hydrogen-bond donors (Lipinski definition) is 3. The standard InChI is InChI=1S/C13H16N2O4/c1-7-5-6-9(11(16)14-7)12(17)15-10-4-2-3-8(10)13(18)19/h5-6,8,10H,2-4H2,1H3,(H,14,16)(H,15,17)(H,18,19)/t8-,10+/m0/s1. The van der Waals surface area contributed by atoms with Gasteiger partial charge in [0.05, 0.1) is 5.92 Å². The molecule has 6 nitrogen and oxygen atoms in total. The number of hydrogen-bond acceptors (Lipinski definition) is 3. The van der Waals surface area contributed by atoms with Crippen LogP contribution in [0.25, 0.3) is 0 Å². The third kappa shape index (κ3) is 2.83. The van der Waals surface area contributed by atoms with Crippen molar-refractivity contribution in [1.29, 1.82) is 0 Å². The highest BCUT2D eigenvalue weighted by molar-refractivity contribution is 5.94. The zero-order chi connectivity index (χ0) is 14.0. The van der Waals surface area contributed by atoms with Crippen LogP contribution in [0.15, 0.2) is 16.9 Å². The monoisotopic (exact) mass is 264 g/mol. The Morgan fingerprint density at radius 3 is 2.74 bits per heavy atom. The lowest BCUT2D eigenvalue weighted by atomic mass is 10.0. The summed E-state index contributed by atoms with van der Waals surface area (Å²) >= 11 is 0. The molecule has 1 saturated carbocycles. The second-order valence-corrected chi connectivity index (χ2v) is 4.84. The minimum absolute atomic E-state index is 0.0154. The molecule has 0 saturated heterocycles. The van der Waals surface area contributed by atoms with E-state index in [1.165, 1.54) is 6.07 Å². The van der Waals surface area contributed by atoms with Gasteiger partial charge < -0.3 is 15.4 Å². The van der Waals surface area contributed by atoms with Gasteiger partial charge >= 0.3 is 5.97 Å². The molecule has 2 atom stereocenters. The lowest BCUT2D eigenvalue weighted by Gasteiger charge is -2.17. The summed E-state index contributed by atoms with van der Waals surface area (Å²) < 4.78 is 0. The zero-order valence-corrected chi connectivity index (χ0v) is 10.6. The molecule has 19 heavy (non-hydrogen) atoms. The molecule has 2 rings (SSSR count). The number of pyridine rings is 1. The second-order valence-electron chi connectivity index (χ2n) is 4.84. The number of rotatable bonds is 3. The highest BCUT2D eigenvalue weighted by Gasteiger charge is 2.34. The van der Waals surface area contributed by atoms with Gasteiger partial charge in [-0.1, -0.05) is 6.42 Å². The van der Waals surface area contributed by atoms with Crippen LogP contribution >= 0.6 is 0 Å². The average Bonchev–Trinajstić information content (AvgIpc) is 2.76. The molecule has 1 heterocycles. The van der Waals surface area contributed by atoms with E-state index in [2.05, 4.69) is 10.3 Å². The lowest BCUT2D eigenvalue weighted by Crippen LogP contribution is -2.41. The molecule has 1 amide bonds. The van der Waals surface area contributed by atoms with Crippen molar-refractivity contribution < 1.29 is 14.7 Å². The van der Waals surface area contributed by atoms with E-state index in [0.717, 1.165) is 6.42 Å². The minimum Gasteiger partial charge on any atom is -0.481 e. The number of H-pyrrole nitrogens is 1. The molecule has 102 valence electrons. The van der Waals surface area contributed by atoms with Gasteiger partial charge in [-0.05, 0) is 31.9 Å². The van der Waals surface area contributed by atoms with Gasteiger partial charge in [0.15, 0.2) is 0 Å². The van der Waals surface area contributed by atoms with Gasteiger partial charge in [-0.25, -0.2) is 0 Å². The number of carbonyl (C=O) groups excluding carboxylic acids is 1. The van der Waals surface area contributed by atoms with Crippen LogP contribution in [-0.2, 0) is 4.79 Å². The van der Waals surface area contributed by atoms with Crippen molar-refractivity contribution in [1.82, 2.24) is 10.3 Å². The molecule has 1 aliphatic carbocycles. The van der Waals surface area contributed by atoms with Gasteiger partial charge in [0.2, 0.25) is 0 Å². The third-order valence-corrected chi connectivity index (χ3v) is 3.45. The van der Waals surface area contributed by atoms with Gasteiger partial charge in [0.25, 0.3) is 11.5 Å². The van der Waals surface area contributed by atoms with E-state index in [1.54, 1.807) is 13.0 Å². The smallest absolute Gasteiger partial charge is 0.308 e. The van der Waals surface area contributed by atoms with E-state index in [0.29, 0.717) is 18.5 Å². The highest BCUT2D eigenvalue weighted by atomic mass is 16.4. The maximum atomic E-state index is 12.0. The van der Waals surface area contributed by atoms with E-state index < -0.39 is 29.4 Å². The quantitative estimate of drug-likeness (QED) is 0.747. The summed E-state index contributed by atoms with van der Waals surface area (Å²) in [4.78, 5) is 37.2. The van der Waals surface area contributed by atoms with E-state index >= 15 is 0 Å². The number of nitrogens with one attached hydrogen (secondary N) is 2. The van der Waals surface area contributed by atoms with E-state index in [1.807, 2.05) is 0 Å². The van der Waals surface area contributed by atoms with Crippen LogP contribution in [0.2, 0.25) is 0 Å². The molecule has 0 radical (unpaired) electrons. The fourth-order valence-electron chi connectivity index (χ4n) is 2.43. The first kappa shape index (κ1) is 13.3. The Morgan fingerprint density at radius 1 is 1.37 bits per heavy atom. The number of aromatic amines is 1. The van der Waals surface area contributed by atoms with E-state index in [4.69, 9.17) is 5.11 Å². The van der Waals surface area contributed by atoms with Crippen LogP contribution in [0.5, 0.6) is 0 Å². The number of carboxylic acid groups (broad SMARTS) is 1. The Bertz CT molecular complexity index is 564. The molecule has 1 aromatic rings. The normalized spacial score (nSPS) is 22.2. The van der Waals surface area contributed by atoms with Crippen LogP contribution in [-0.4, -0.2) is 28.0 Å². The van der Waals surface area contributed by atoms with Gasteiger partial charge in [-0.3, -0.25) is 14.4 Å². The third-order valence-electron chi connectivity index (χ3n) is 3.45. The summed E-state index contributed by atoms with van der Waals surface area (Å²) in [6, 6.07) is 2.69. The van der Waals surface area contributed by atoms with Gasteiger partial charge in [0, 0.05) is 11.7 Å². The molecule has 6 heteroatoms. The Balaban J connectivity index is 2.13. The Labute approximate surface area is 109 Å². The highest BCUT2D eigenvalue weighted by Crippen LogP contribution is 2.25. The van der Waals surface area contributed by atoms with Crippen LogP contribution in [0.1, 0.15) is 35.3 Å². The summed E-state index contributed by atoms with van der Waals surface area (Å²) in [5.41, 5.74) is 0.231. The SMILES string of the molecule is Cc1ccc(C(=O)N[C@@H]2CCC[C@@H]2C(=O)O)c(=O)[nH]1. The van der Waals surface area contributed by atoms with Crippen molar-refractivity contribution in [3.8, 4) is 0 Å². The Hall–Kier alpha value is -2.11. The first-order chi connectivity index (χ1) is 8.99. The largest absolute Gasteiger partial charge is 0.481 e. The summed E-state index contributed by atoms with van der Waals surface area (Å²) in [6.45, 7) is 1.72. The Kier molecular flexibility index (Phi) is 3.69. The van der Waals surface area contributed by atoms with Crippen molar-refractivity contribution in [3.63, 3.8) is 0 Å². The predicted molar refractivity (Wildman–Crippen MR) is 68.0 cm³/mol. The minimum atomic E-state index is -0.902. The van der Waals surface area contributed by atoms with Gasteiger partial charge in [-0.2, -0.15) is 0 Å². The molecule has 3 N–H and O–H groups in total. The summed E-state index contributed by atoms with van der Waals surface area (Å²) in [5, 5.41) is 11.7. The number of aromatic nitrogens is 1. The fraction of sp³-hybridized carbons (Fsp3) is 0.462. The number of aryl methyl sites for hydroxylation is 1. The molecule has 0 aromatic carbocycles. The molecule has 0 spiro atoms. The van der Waals surface area contributed by atoms with Crippen LogP contribution in [0.3, 0.4) is 0 Å². The molecule has 0 aliphatic heterocycles. The molecule has 1 fully saturated rings. The molecular formula is C13H16N2O4. The molecule has 1 aromatic heterocycles.